The Hall–Kier alpha value is -2.87. The SMILES string of the molecule is COC(=O)c1cccc(NS(=O)(=O)c2cccc(C(=O)NC3CC3)c2)c1. The lowest BCUT2D eigenvalue weighted by Gasteiger charge is -2.10. The van der Waals surface area contributed by atoms with Crippen molar-refractivity contribution >= 4 is 27.6 Å². The molecule has 2 aromatic rings. The first-order chi connectivity index (χ1) is 12.4. The van der Waals surface area contributed by atoms with Crippen LogP contribution in [0.4, 0.5) is 5.69 Å². The molecule has 0 atom stereocenters. The molecule has 0 heterocycles. The average Bonchev–Trinajstić information content (AvgIpc) is 3.45. The number of hydrogen-bond donors (Lipinski definition) is 2. The lowest BCUT2D eigenvalue weighted by molar-refractivity contribution is 0.0600. The molecule has 1 fully saturated rings. The van der Waals surface area contributed by atoms with E-state index in [0.717, 1.165) is 12.8 Å². The van der Waals surface area contributed by atoms with Crippen molar-refractivity contribution < 1.29 is 22.7 Å². The Labute approximate surface area is 151 Å². The minimum Gasteiger partial charge on any atom is -0.465 e. The first-order valence-electron chi connectivity index (χ1n) is 8.01. The van der Waals surface area contributed by atoms with Gasteiger partial charge in [-0.2, -0.15) is 0 Å². The lowest BCUT2D eigenvalue weighted by atomic mass is 10.2. The Balaban J connectivity index is 1.82. The predicted octanol–water partition coefficient (Wildman–Crippen LogP) is 2.17. The molecule has 0 saturated heterocycles. The maximum atomic E-state index is 12.6. The second-order valence-electron chi connectivity index (χ2n) is 5.95. The molecule has 1 aliphatic rings. The van der Waals surface area contributed by atoms with Gasteiger partial charge >= 0.3 is 5.97 Å². The molecule has 0 aliphatic heterocycles. The van der Waals surface area contributed by atoms with Gasteiger partial charge < -0.3 is 10.1 Å². The molecule has 0 spiro atoms. The fourth-order valence-corrected chi connectivity index (χ4v) is 3.44. The molecule has 0 aromatic heterocycles. The van der Waals surface area contributed by atoms with E-state index in [9.17, 15) is 18.0 Å². The summed E-state index contributed by atoms with van der Waals surface area (Å²) < 4.78 is 32.2. The van der Waals surface area contributed by atoms with Crippen molar-refractivity contribution in [2.24, 2.45) is 0 Å². The van der Waals surface area contributed by atoms with Gasteiger partial charge in [-0.1, -0.05) is 12.1 Å². The highest BCUT2D eigenvalue weighted by Crippen LogP contribution is 2.21. The number of methoxy groups -OCH3 is 1. The Morgan fingerprint density at radius 3 is 2.42 bits per heavy atom. The van der Waals surface area contributed by atoms with Crippen molar-refractivity contribution in [3.8, 4) is 0 Å². The van der Waals surface area contributed by atoms with Crippen LogP contribution in [-0.4, -0.2) is 33.4 Å². The summed E-state index contributed by atoms with van der Waals surface area (Å²) in [6.45, 7) is 0. The zero-order valence-corrected chi connectivity index (χ0v) is 14.9. The van der Waals surface area contributed by atoms with E-state index < -0.39 is 16.0 Å². The van der Waals surface area contributed by atoms with Gasteiger partial charge in [0, 0.05) is 17.3 Å². The van der Waals surface area contributed by atoms with E-state index in [-0.39, 0.29) is 33.7 Å². The maximum absolute atomic E-state index is 12.6. The molecule has 1 aliphatic carbocycles. The molecule has 2 aromatic carbocycles. The van der Waals surface area contributed by atoms with E-state index in [0.29, 0.717) is 0 Å². The van der Waals surface area contributed by atoms with Gasteiger partial charge in [0.05, 0.1) is 17.6 Å². The second-order valence-corrected chi connectivity index (χ2v) is 7.64. The summed E-state index contributed by atoms with van der Waals surface area (Å²) >= 11 is 0. The number of carbonyl (C=O) groups is 2. The van der Waals surface area contributed by atoms with E-state index in [2.05, 4.69) is 14.8 Å². The van der Waals surface area contributed by atoms with Gasteiger partial charge in [0.1, 0.15) is 0 Å². The van der Waals surface area contributed by atoms with Crippen molar-refractivity contribution in [1.29, 1.82) is 0 Å². The number of esters is 1. The van der Waals surface area contributed by atoms with Gasteiger partial charge in [-0.25, -0.2) is 13.2 Å². The Bertz CT molecular complexity index is 952. The molecule has 1 saturated carbocycles. The van der Waals surface area contributed by atoms with Crippen LogP contribution in [0.3, 0.4) is 0 Å². The number of rotatable bonds is 6. The molecule has 0 bridgehead atoms. The van der Waals surface area contributed by atoms with E-state index in [1.165, 1.54) is 43.5 Å². The fourth-order valence-electron chi connectivity index (χ4n) is 2.34. The van der Waals surface area contributed by atoms with E-state index >= 15 is 0 Å². The van der Waals surface area contributed by atoms with Crippen LogP contribution >= 0.6 is 0 Å². The molecule has 1 amide bonds. The molecular formula is C18H18N2O5S. The molecule has 8 heteroatoms. The first-order valence-corrected chi connectivity index (χ1v) is 9.49. The smallest absolute Gasteiger partial charge is 0.337 e. The fraction of sp³-hybridized carbons (Fsp3) is 0.222. The summed E-state index contributed by atoms with van der Waals surface area (Å²) in [5.41, 5.74) is 0.731. The van der Waals surface area contributed by atoms with Crippen LogP contribution in [0.5, 0.6) is 0 Å². The highest BCUT2D eigenvalue weighted by atomic mass is 32.2. The molecule has 0 radical (unpaired) electrons. The lowest BCUT2D eigenvalue weighted by Crippen LogP contribution is -2.25. The van der Waals surface area contributed by atoms with Crippen LogP contribution in [0, 0.1) is 0 Å². The van der Waals surface area contributed by atoms with Crippen LogP contribution in [0.1, 0.15) is 33.6 Å². The molecule has 2 N–H and O–H groups in total. The van der Waals surface area contributed by atoms with Crippen LogP contribution < -0.4 is 10.0 Å². The summed E-state index contributed by atoms with van der Waals surface area (Å²) in [6, 6.07) is 12.0. The van der Waals surface area contributed by atoms with Gasteiger partial charge in [-0.05, 0) is 49.2 Å². The first kappa shape index (κ1) is 17.9. The van der Waals surface area contributed by atoms with Crippen molar-refractivity contribution in [3.63, 3.8) is 0 Å². The number of sulfonamides is 1. The minimum atomic E-state index is -3.91. The third-order valence-electron chi connectivity index (χ3n) is 3.85. The molecular weight excluding hydrogens is 356 g/mol. The summed E-state index contributed by atoms with van der Waals surface area (Å²) in [4.78, 5) is 23.6. The van der Waals surface area contributed by atoms with Gasteiger partial charge in [-0.15, -0.1) is 0 Å². The maximum Gasteiger partial charge on any atom is 0.337 e. The van der Waals surface area contributed by atoms with E-state index in [1.807, 2.05) is 0 Å². The molecule has 7 nitrogen and oxygen atoms in total. The molecule has 26 heavy (non-hydrogen) atoms. The highest BCUT2D eigenvalue weighted by molar-refractivity contribution is 7.92. The normalized spacial score (nSPS) is 13.7. The number of amides is 1. The van der Waals surface area contributed by atoms with Crippen molar-refractivity contribution in [2.75, 3.05) is 11.8 Å². The molecule has 3 rings (SSSR count). The van der Waals surface area contributed by atoms with Gasteiger partial charge in [0.2, 0.25) is 0 Å². The number of ether oxygens (including phenoxy) is 1. The minimum absolute atomic E-state index is 0.0376. The largest absolute Gasteiger partial charge is 0.465 e. The molecule has 136 valence electrons. The van der Waals surface area contributed by atoms with E-state index in [1.54, 1.807) is 12.1 Å². The zero-order chi connectivity index (χ0) is 18.7. The number of benzene rings is 2. The quantitative estimate of drug-likeness (QED) is 0.755. The summed E-state index contributed by atoms with van der Waals surface area (Å²) in [7, 11) is -2.67. The third-order valence-corrected chi connectivity index (χ3v) is 5.23. The number of nitrogens with one attached hydrogen (secondary N) is 2. The highest BCUT2D eigenvalue weighted by Gasteiger charge is 2.24. The Morgan fingerprint density at radius 2 is 1.73 bits per heavy atom. The van der Waals surface area contributed by atoms with Crippen molar-refractivity contribution in [1.82, 2.24) is 5.32 Å². The van der Waals surface area contributed by atoms with Gasteiger partial charge in [0.25, 0.3) is 15.9 Å². The average molecular weight is 374 g/mol. The Kier molecular flexibility index (Phi) is 4.94. The summed E-state index contributed by atoms with van der Waals surface area (Å²) in [5.74, 6) is -0.859. The monoisotopic (exact) mass is 374 g/mol. The summed E-state index contributed by atoms with van der Waals surface area (Å²) in [6.07, 6.45) is 1.89. The molecule has 0 unspecified atom stereocenters. The third kappa shape index (κ3) is 4.20. The van der Waals surface area contributed by atoms with E-state index in [4.69, 9.17) is 0 Å². The number of carbonyl (C=O) groups excluding carboxylic acids is 2. The van der Waals surface area contributed by atoms with Gasteiger partial charge in [-0.3, -0.25) is 9.52 Å². The van der Waals surface area contributed by atoms with Crippen LogP contribution in [-0.2, 0) is 14.8 Å². The van der Waals surface area contributed by atoms with Crippen LogP contribution in [0.15, 0.2) is 53.4 Å². The number of hydrogen-bond acceptors (Lipinski definition) is 5. The summed E-state index contributed by atoms with van der Waals surface area (Å²) in [5, 5.41) is 2.82. The zero-order valence-electron chi connectivity index (χ0n) is 14.1. The predicted molar refractivity (Wildman–Crippen MR) is 95.5 cm³/mol. The number of anilines is 1. The standard InChI is InChI=1S/C18H18N2O5S/c1-25-18(22)13-5-2-6-15(10-13)20-26(23,24)16-7-3-4-12(11-16)17(21)19-14-8-9-14/h2-7,10-11,14,20H,8-9H2,1H3,(H,19,21). The van der Waals surface area contributed by atoms with Crippen LogP contribution in [0.2, 0.25) is 0 Å². The Morgan fingerprint density at radius 1 is 1.04 bits per heavy atom. The second kappa shape index (κ2) is 7.17. The van der Waals surface area contributed by atoms with Crippen molar-refractivity contribution in [2.45, 2.75) is 23.8 Å². The van der Waals surface area contributed by atoms with Crippen LogP contribution in [0.25, 0.3) is 0 Å². The van der Waals surface area contributed by atoms with Gasteiger partial charge in [0.15, 0.2) is 0 Å². The van der Waals surface area contributed by atoms with Crippen molar-refractivity contribution in [3.05, 3.63) is 59.7 Å². The topological polar surface area (TPSA) is 102 Å².